The van der Waals surface area contributed by atoms with Gasteiger partial charge in [-0.1, -0.05) is 36.7 Å². The summed E-state index contributed by atoms with van der Waals surface area (Å²) in [4.78, 5) is 0. The van der Waals surface area contributed by atoms with Gasteiger partial charge in [-0.2, -0.15) is 0 Å². The Hall–Kier alpha value is -1.51. The van der Waals surface area contributed by atoms with Crippen molar-refractivity contribution in [2.24, 2.45) is 0 Å². The van der Waals surface area contributed by atoms with Crippen molar-refractivity contribution in [3.8, 4) is 11.5 Å². The van der Waals surface area contributed by atoms with Gasteiger partial charge in [-0.25, -0.2) is 0 Å². The molecule has 94 valence electrons. The van der Waals surface area contributed by atoms with Crippen molar-refractivity contribution in [3.63, 3.8) is 0 Å². The highest BCUT2D eigenvalue weighted by molar-refractivity contribution is 6.30. The Kier molecular flexibility index (Phi) is 4.24. The van der Waals surface area contributed by atoms with Crippen molar-refractivity contribution in [1.29, 1.82) is 0 Å². The first-order chi connectivity index (χ1) is 8.72. The van der Waals surface area contributed by atoms with Crippen LogP contribution in [0, 0.1) is 0 Å². The van der Waals surface area contributed by atoms with Crippen LogP contribution in [0.2, 0.25) is 5.02 Å². The molecule has 0 atom stereocenters. The molecule has 0 aliphatic rings. The molecule has 0 unspecified atom stereocenters. The lowest BCUT2D eigenvalue weighted by Gasteiger charge is -2.11. The molecule has 0 heterocycles. The molecular weight excluding hydrogens is 248 g/mol. The average Bonchev–Trinajstić information content (AvgIpc) is 2.39. The number of aryl methyl sites for hydroxylation is 1. The summed E-state index contributed by atoms with van der Waals surface area (Å²) < 4.78 is 5.78. The van der Waals surface area contributed by atoms with Crippen LogP contribution in [0.3, 0.4) is 0 Å². The van der Waals surface area contributed by atoms with E-state index in [0.29, 0.717) is 10.8 Å². The molecule has 2 rings (SSSR count). The van der Waals surface area contributed by atoms with E-state index in [1.54, 1.807) is 18.2 Å². The number of aliphatic hydroxyl groups excluding tert-OH is 1. The van der Waals surface area contributed by atoms with Crippen LogP contribution in [0.15, 0.2) is 42.5 Å². The second kappa shape index (κ2) is 5.89. The molecule has 0 saturated carbocycles. The first-order valence-corrected chi connectivity index (χ1v) is 6.27. The molecule has 3 heteroatoms. The summed E-state index contributed by atoms with van der Waals surface area (Å²) in [7, 11) is 0. The largest absolute Gasteiger partial charge is 0.457 e. The molecule has 0 bridgehead atoms. The normalized spacial score (nSPS) is 10.4. The SMILES string of the molecule is CCc1cccc(Oc2cc(Cl)ccc2CO)c1. The monoisotopic (exact) mass is 262 g/mol. The van der Waals surface area contributed by atoms with Gasteiger partial charge in [-0.3, -0.25) is 0 Å². The van der Waals surface area contributed by atoms with E-state index in [2.05, 4.69) is 13.0 Å². The molecule has 0 aliphatic heterocycles. The summed E-state index contributed by atoms with van der Waals surface area (Å²) in [5.41, 5.74) is 1.93. The molecule has 2 aromatic rings. The van der Waals surface area contributed by atoms with Gasteiger partial charge in [0, 0.05) is 10.6 Å². The summed E-state index contributed by atoms with van der Waals surface area (Å²) in [6.07, 6.45) is 0.958. The predicted molar refractivity (Wildman–Crippen MR) is 73.3 cm³/mol. The van der Waals surface area contributed by atoms with Gasteiger partial charge in [0.15, 0.2) is 0 Å². The molecule has 18 heavy (non-hydrogen) atoms. The molecule has 0 spiro atoms. The summed E-state index contributed by atoms with van der Waals surface area (Å²) in [6, 6.07) is 13.1. The number of aliphatic hydroxyl groups is 1. The molecule has 0 amide bonds. The minimum Gasteiger partial charge on any atom is -0.457 e. The van der Waals surface area contributed by atoms with Crippen molar-refractivity contribution in [2.45, 2.75) is 20.0 Å². The second-order valence-electron chi connectivity index (χ2n) is 4.01. The van der Waals surface area contributed by atoms with Crippen LogP contribution in [0.25, 0.3) is 0 Å². The Bertz CT molecular complexity index is 538. The van der Waals surface area contributed by atoms with Crippen LogP contribution in [0.1, 0.15) is 18.1 Å². The molecule has 0 aliphatic carbocycles. The molecule has 0 saturated heterocycles. The van der Waals surface area contributed by atoms with E-state index in [-0.39, 0.29) is 6.61 Å². The Balaban J connectivity index is 2.29. The van der Waals surface area contributed by atoms with Crippen LogP contribution in [0.5, 0.6) is 11.5 Å². The Morgan fingerprint density at radius 3 is 2.72 bits per heavy atom. The van der Waals surface area contributed by atoms with Crippen molar-refractivity contribution < 1.29 is 9.84 Å². The third kappa shape index (κ3) is 3.03. The molecule has 0 radical (unpaired) electrons. The lowest BCUT2D eigenvalue weighted by Crippen LogP contribution is -1.92. The van der Waals surface area contributed by atoms with Crippen molar-refractivity contribution in [3.05, 3.63) is 58.6 Å². The molecule has 2 nitrogen and oxygen atoms in total. The van der Waals surface area contributed by atoms with Gasteiger partial charge in [-0.15, -0.1) is 0 Å². The fourth-order valence-corrected chi connectivity index (χ4v) is 1.87. The molecule has 1 N–H and O–H groups in total. The van der Waals surface area contributed by atoms with Crippen molar-refractivity contribution >= 4 is 11.6 Å². The highest BCUT2D eigenvalue weighted by Gasteiger charge is 2.05. The maximum Gasteiger partial charge on any atom is 0.134 e. The number of halogens is 1. The zero-order valence-corrected chi connectivity index (χ0v) is 10.9. The highest BCUT2D eigenvalue weighted by atomic mass is 35.5. The second-order valence-corrected chi connectivity index (χ2v) is 4.45. The van der Waals surface area contributed by atoms with E-state index >= 15 is 0 Å². The first kappa shape index (κ1) is 12.9. The third-order valence-electron chi connectivity index (χ3n) is 2.73. The van der Waals surface area contributed by atoms with Gasteiger partial charge in [-0.05, 0) is 36.2 Å². The van der Waals surface area contributed by atoms with Gasteiger partial charge < -0.3 is 9.84 Å². The lowest BCUT2D eigenvalue weighted by molar-refractivity contribution is 0.276. The molecular formula is C15H15ClO2. The minimum absolute atomic E-state index is 0.0695. The summed E-state index contributed by atoms with van der Waals surface area (Å²) in [5.74, 6) is 1.35. The van der Waals surface area contributed by atoms with Crippen LogP contribution in [-0.2, 0) is 13.0 Å². The average molecular weight is 263 g/mol. The summed E-state index contributed by atoms with van der Waals surface area (Å²) in [5, 5.41) is 9.86. The van der Waals surface area contributed by atoms with Crippen LogP contribution >= 0.6 is 11.6 Å². The van der Waals surface area contributed by atoms with Gasteiger partial charge in [0.2, 0.25) is 0 Å². The summed E-state index contributed by atoms with van der Waals surface area (Å²) in [6.45, 7) is 2.03. The zero-order chi connectivity index (χ0) is 13.0. The topological polar surface area (TPSA) is 29.5 Å². The van der Waals surface area contributed by atoms with E-state index in [0.717, 1.165) is 17.7 Å². The summed E-state index contributed by atoms with van der Waals surface area (Å²) >= 11 is 5.94. The van der Waals surface area contributed by atoms with Gasteiger partial charge >= 0.3 is 0 Å². The van der Waals surface area contributed by atoms with Crippen molar-refractivity contribution in [2.75, 3.05) is 0 Å². The van der Waals surface area contributed by atoms with E-state index in [4.69, 9.17) is 16.3 Å². The van der Waals surface area contributed by atoms with Gasteiger partial charge in [0.05, 0.1) is 6.61 Å². The zero-order valence-electron chi connectivity index (χ0n) is 10.2. The number of rotatable bonds is 4. The quantitative estimate of drug-likeness (QED) is 0.895. The highest BCUT2D eigenvalue weighted by Crippen LogP contribution is 2.29. The van der Waals surface area contributed by atoms with Crippen LogP contribution in [0.4, 0.5) is 0 Å². The number of ether oxygens (including phenoxy) is 1. The number of benzene rings is 2. The maximum absolute atomic E-state index is 9.27. The maximum atomic E-state index is 9.27. The predicted octanol–water partition coefficient (Wildman–Crippen LogP) is 4.19. The van der Waals surface area contributed by atoms with E-state index in [9.17, 15) is 5.11 Å². The van der Waals surface area contributed by atoms with Crippen molar-refractivity contribution in [1.82, 2.24) is 0 Å². The minimum atomic E-state index is -0.0695. The standard InChI is InChI=1S/C15H15ClO2/c1-2-11-4-3-5-14(8-11)18-15-9-13(16)7-6-12(15)10-17/h3-9,17H,2,10H2,1H3. The molecule has 0 fully saturated rings. The number of hydrogen-bond donors (Lipinski definition) is 1. The smallest absolute Gasteiger partial charge is 0.134 e. The Labute approximate surface area is 112 Å². The van der Waals surface area contributed by atoms with Crippen LogP contribution in [-0.4, -0.2) is 5.11 Å². The van der Waals surface area contributed by atoms with E-state index in [1.165, 1.54) is 5.56 Å². The van der Waals surface area contributed by atoms with Crippen LogP contribution < -0.4 is 4.74 Å². The fourth-order valence-electron chi connectivity index (χ4n) is 1.71. The third-order valence-corrected chi connectivity index (χ3v) is 2.97. The first-order valence-electron chi connectivity index (χ1n) is 5.89. The Morgan fingerprint density at radius 2 is 2.00 bits per heavy atom. The van der Waals surface area contributed by atoms with E-state index in [1.807, 2.05) is 18.2 Å². The fraction of sp³-hybridized carbons (Fsp3) is 0.200. The molecule has 0 aromatic heterocycles. The van der Waals surface area contributed by atoms with E-state index < -0.39 is 0 Å². The molecule has 2 aromatic carbocycles. The number of hydrogen-bond acceptors (Lipinski definition) is 2. The lowest BCUT2D eigenvalue weighted by atomic mass is 10.1. The van der Waals surface area contributed by atoms with Gasteiger partial charge in [0.1, 0.15) is 11.5 Å². The Morgan fingerprint density at radius 1 is 1.17 bits per heavy atom. The van der Waals surface area contributed by atoms with Gasteiger partial charge in [0.25, 0.3) is 0 Å².